The van der Waals surface area contributed by atoms with Crippen LogP contribution < -0.4 is 5.32 Å². The Labute approximate surface area is 122 Å². The van der Waals surface area contributed by atoms with E-state index in [9.17, 15) is 13.2 Å². The molecule has 1 amide bonds. The van der Waals surface area contributed by atoms with Gasteiger partial charge in [0.1, 0.15) is 0 Å². The van der Waals surface area contributed by atoms with Gasteiger partial charge in [-0.1, -0.05) is 24.8 Å². The van der Waals surface area contributed by atoms with Gasteiger partial charge in [0.05, 0.1) is 5.70 Å². The number of piperidine rings is 1. The van der Waals surface area contributed by atoms with Crippen LogP contribution in [-0.2, 0) is 15.7 Å². The zero-order chi connectivity index (χ0) is 15.3. The molecule has 0 saturated carbocycles. The molecule has 0 radical (unpaired) electrons. The monoisotopic (exact) mass is 298 g/mol. The number of carbonyl (C=O) groups excluding carboxylic acids is 1. The Balaban J connectivity index is 3.11. The molecule has 112 valence electrons. The molecule has 1 N–H and O–H groups in total. The zero-order valence-corrected chi connectivity index (χ0v) is 13.0. The number of hydrogen-bond acceptors (Lipinski definition) is 3. The number of rotatable bonds is 4. The molecule has 0 spiro atoms. The summed E-state index contributed by atoms with van der Waals surface area (Å²) < 4.78 is 24.5. The third-order valence-corrected chi connectivity index (χ3v) is 4.44. The summed E-state index contributed by atoms with van der Waals surface area (Å²) in [6.45, 7) is 9.27. The van der Waals surface area contributed by atoms with Crippen molar-refractivity contribution < 1.29 is 13.2 Å². The van der Waals surface area contributed by atoms with Crippen molar-refractivity contribution in [3.63, 3.8) is 0 Å². The maximum Gasteiger partial charge on any atom is 0.225 e. The summed E-state index contributed by atoms with van der Waals surface area (Å²) in [7, 11) is -2.72. The number of carbonyl (C=O) groups is 1. The number of hydrogen-bond donors (Lipinski definition) is 2. The lowest BCUT2D eigenvalue weighted by Crippen LogP contribution is -2.46. The smallest absolute Gasteiger partial charge is 0.225 e. The summed E-state index contributed by atoms with van der Waals surface area (Å²) in [5, 5.41) is 2.77. The molecule has 0 aromatic carbocycles. The van der Waals surface area contributed by atoms with E-state index in [1.807, 2.05) is 19.9 Å². The molecule has 20 heavy (non-hydrogen) atoms. The maximum atomic E-state index is 11.5. The molecule has 5 nitrogen and oxygen atoms in total. The highest BCUT2D eigenvalue weighted by Crippen LogP contribution is 2.34. The van der Waals surface area contributed by atoms with Gasteiger partial charge < -0.3 is 5.32 Å². The molecule has 1 aliphatic rings. The van der Waals surface area contributed by atoms with Crippen LogP contribution in [0.15, 0.2) is 36.1 Å². The first-order chi connectivity index (χ1) is 9.42. The molecule has 6 heteroatoms. The molecular weight excluding hydrogens is 276 g/mol. The Hall–Kier alpha value is -1.56. The second-order valence-electron chi connectivity index (χ2n) is 4.83. The van der Waals surface area contributed by atoms with Gasteiger partial charge in [-0.2, -0.15) is 0 Å². The van der Waals surface area contributed by atoms with Gasteiger partial charge in [-0.25, -0.2) is 8.42 Å². The fourth-order valence-corrected chi connectivity index (χ4v) is 3.40. The van der Waals surface area contributed by atoms with Crippen LogP contribution in [0.4, 0.5) is 0 Å². The molecule has 0 aromatic rings. The van der Waals surface area contributed by atoms with E-state index in [0.29, 0.717) is 18.7 Å². The van der Waals surface area contributed by atoms with Crippen LogP contribution in [0.1, 0.15) is 27.2 Å². The van der Waals surface area contributed by atoms with Crippen molar-refractivity contribution in [2.45, 2.75) is 33.2 Å². The minimum absolute atomic E-state index is 0.0432. The third-order valence-electron chi connectivity index (χ3n) is 3.51. The minimum Gasteiger partial charge on any atom is -0.356 e. The molecular formula is C14H22N2O3S. The molecule has 0 aromatic heterocycles. The van der Waals surface area contributed by atoms with E-state index in [1.165, 1.54) is 11.2 Å². The second kappa shape index (κ2) is 7.28. The fourth-order valence-electron chi connectivity index (χ4n) is 2.49. The zero-order valence-electron chi connectivity index (χ0n) is 12.1. The van der Waals surface area contributed by atoms with E-state index < -0.39 is 10.9 Å². The molecule has 2 atom stereocenters. The van der Waals surface area contributed by atoms with Crippen molar-refractivity contribution >= 4 is 16.8 Å². The van der Waals surface area contributed by atoms with E-state index >= 15 is 0 Å². The van der Waals surface area contributed by atoms with Crippen molar-refractivity contribution in [2.75, 3.05) is 6.54 Å². The highest BCUT2D eigenvalue weighted by Gasteiger charge is 2.34. The van der Waals surface area contributed by atoms with Crippen LogP contribution in [0, 0.1) is 5.92 Å². The Morgan fingerprint density at radius 3 is 2.65 bits per heavy atom. The summed E-state index contributed by atoms with van der Waals surface area (Å²) in [4.78, 5) is 11.0. The summed E-state index contributed by atoms with van der Waals surface area (Å²) in [6.07, 6.45) is 5.99. The largest absolute Gasteiger partial charge is 0.356 e. The first-order valence-corrected chi connectivity index (χ1v) is 7.71. The predicted molar refractivity (Wildman–Crippen MR) is 80.4 cm³/mol. The number of nitrogens with zero attached hydrogens (tertiary/aromatic N) is 1. The minimum atomic E-state index is -2.72. The highest BCUT2D eigenvalue weighted by molar-refractivity contribution is 7.70. The second-order valence-corrected chi connectivity index (χ2v) is 5.73. The lowest BCUT2D eigenvalue weighted by molar-refractivity contribution is -0.119. The van der Waals surface area contributed by atoms with E-state index in [2.05, 4.69) is 11.9 Å². The molecule has 1 rings (SSSR count). The Bertz CT molecular complexity index is 513. The van der Waals surface area contributed by atoms with Crippen LogP contribution >= 0.6 is 0 Å². The average molecular weight is 298 g/mol. The van der Waals surface area contributed by atoms with Crippen molar-refractivity contribution in [3.8, 4) is 0 Å². The van der Waals surface area contributed by atoms with Crippen LogP contribution in [-0.4, -0.2) is 31.2 Å². The average Bonchev–Trinajstić information content (AvgIpc) is 2.37. The molecule has 1 aliphatic heterocycles. The topological polar surface area (TPSA) is 66.5 Å². The normalized spacial score (nSPS) is 27.1. The van der Waals surface area contributed by atoms with Crippen LogP contribution in [0.3, 0.4) is 0 Å². The third kappa shape index (κ3) is 3.72. The van der Waals surface area contributed by atoms with Crippen LogP contribution in [0.25, 0.3) is 0 Å². The van der Waals surface area contributed by atoms with Gasteiger partial charge in [0.25, 0.3) is 0 Å². The SMILES string of the molecule is C=C/C=C1/C[C@@H](CNC(C)=O)[C@@H](C)N([SH](=O)=O)/C1=C/C. The first kappa shape index (κ1) is 16.5. The van der Waals surface area contributed by atoms with Crippen LogP contribution in [0.5, 0.6) is 0 Å². The van der Waals surface area contributed by atoms with Crippen molar-refractivity contribution in [1.82, 2.24) is 9.62 Å². The van der Waals surface area contributed by atoms with Gasteiger partial charge in [0, 0.05) is 25.4 Å². The van der Waals surface area contributed by atoms with Crippen molar-refractivity contribution in [2.24, 2.45) is 5.92 Å². The van der Waals surface area contributed by atoms with E-state index in [1.54, 1.807) is 12.2 Å². The van der Waals surface area contributed by atoms with Gasteiger partial charge in [-0.15, -0.1) is 0 Å². The van der Waals surface area contributed by atoms with Gasteiger partial charge in [0.2, 0.25) is 16.8 Å². The maximum absolute atomic E-state index is 11.5. The molecule has 1 saturated heterocycles. The summed E-state index contributed by atoms with van der Waals surface area (Å²) in [5.41, 5.74) is 1.63. The van der Waals surface area contributed by atoms with Gasteiger partial charge in [-0.3, -0.25) is 9.10 Å². The molecule has 0 bridgehead atoms. The summed E-state index contributed by atoms with van der Waals surface area (Å²) >= 11 is 0. The predicted octanol–water partition coefficient (Wildman–Crippen LogP) is 1.38. The number of nitrogens with one attached hydrogen (secondary N) is 1. The fraction of sp³-hybridized carbons (Fsp3) is 0.500. The quantitative estimate of drug-likeness (QED) is 0.771. The molecule has 0 unspecified atom stereocenters. The van der Waals surface area contributed by atoms with Crippen LogP contribution in [0.2, 0.25) is 0 Å². The van der Waals surface area contributed by atoms with Gasteiger partial charge in [-0.05, 0) is 25.8 Å². The highest BCUT2D eigenvalue weighted by atomic mass is 32.2. The summed E-state index contributed by atoms with van der Waals surface area (Å²) in [5.74, 6) is -0.0666. The lowest BCUT2D eigenvalue weighted by atomic mass is 9.86. The van der Waals surface area contributed by atoms with Crippen molar-refractivity contribution in [3.05, 3.63) is 36.1 Å². The molecule has 0 aliphatic carbocycles. The molecule has 1 fully saturated rings. The standard InChI is InChI=1S/C14H22N2O3S/c1-5-7-12-8-13(9-15-11(4)17)10(3)16(20(18)19)14(12)6-2/h5-7,10,13,20H,1,8-9H2,2-4H3,(H,15,17)/b12-7-,14-6+/t10-,13+/m1/s1. The summed E-state index contributed by atoms with van der Waals surface area (Å²) in [6, 6.07) is -0.184. The van der Waals surface area contributed by atoms with Gasteiger partial charge >= 0.3 is 0 Å². The van der Waals surface area contributed by atoms with E-state index in [0.717, 1.165) is 5.57 Å². The van der Waals surface area contributed by atoms with Crippen molar-refractivity contribution in [1.29, 1.82) is 0 Å². The van der Waals surface area contributed by atoms with Gasteiger partial charge in [0.15, 0.2) is 0 Å². The Morgan fingerprint density at radius 1 is 1.55 bits per heavy atom. The Kier molecular flexibility index (Phi) is 6.01. The first-order valence-electron chi connectivity index (χ1n) is 6.58. The lowest BCUT2D eigenvalue weighted by Gasteiger charge is -2.40. The number of allylic oxidation sites excluding steroid dienone is 4. The molecule has 1 heterocycles. The number of amides is 1. The van der Waals surface area contributed by atoms with E-state index in [4.69, 9.17) is 0 Å². The van der Waals surface area contributed by atoms with E-state index in [-0.39, 0.29) is 17.9 Å². The Morgan fingerprint density at radius 2 is 2.20 bits per heavy atom. The number of thiol groups is 1.